The van der Waals surface area contributed by atoms with Crippen molar-refractivity contribution in [2.24, 2.45) is 4.99 Å². The van der Waals surface area contributed by atoms with Gasteiger partial charge in [-0.2, -0.15) is 18.2 Å². The molecular formula is C21H20F3N3O4. The molecule has 7 nitrogen and oxygen atoms in total. The third-order valence-corrected chi connectivity index (χ3v) is 5.19. The number of ether oxygens (including phenoxy) is 1. The maximum atomic E-state index is 13.0. The van der Waals surface area contributed by atoms with Crippen molar-refractivity contribution in [1.82, 2.24) is 9.55 Å². The molecule has 31 heavy (non-hydrogen) atoms. The molecule has 164 valence electrons. The van der Waals surface area contributed by atoms with Gasteiger partial charge in [-0.05, 0) is 42.3 Å². The number of benzene rings is 2. The molecule has 3 aromatic rings. The number of hydrogen-bond donors (Lipinski definition) is 3. The second kappa shape index (κ2) is 7.95. The van der Waals surface area contributed by atoms with E-state index >= 15 is 0 Å². The van der Waals surface area contributed by atoms with Crippen molar-refractivity contribution in [2.75, 3.05) is 19.8 Å². The van der Waals surface area contributed by atoms with Crippen molar-refractivity contribution in [2.45, 2.75) is 24.7 Å². The molecule has 1 fully saturated rings. The number of fused-ring (bicyclic) bond motifs is 1. The Morgan fingerprint density at radius 2 is 2.00 bits per heavy atom. The number of aromatic nitrogens is 2. The van der Waals surface area contributed by atoms with E-state index in [1.165, 1.54) is 6.07 Å². The molecule has 0 atom stereocenters. The number of amides is 1. The zero-order chi connectivity index (χ0) is 22.2. The van der Waals surface area contributed by atoms with E-state index in [0.717, 1.165) is 18.2 Å². The normalized spacial score (nSPS) is 16.5. The highest BCUT2D eigenvalue weighted by atomic mass is 19.4. The molecule has 0 radical (unpaired) electrons. The Kier molecular flexibility index (Phi) is 5.46. The number of carbonyl (C=O) groups excluding carboxylic acids is 1. The third kappa shape index (κ3) is 4.14. The summed E-state index contributed by atoms with van der Waals surface area (Å²) in [4.78, 5) is 19.6. The number of aliphatic hydroxyl groups excluding tert-OH is 1. The zero-order valence-electron chi connectivity index (χ0n) is 16.3. The van der Waals surface area contributed by atoms with E-state index in [0.29, 0.717) is 29.6 Å². The molecular weight excluding hydrogens is 415 g/mol. The van der Waals surface area contributed by atoms with E-state index in [1.807, 2.05) is 0 Å². The van der Waals surface area contributed by atoms with E-state index in [1.54, 1.807) is 22.8 Å². The lowest BCUT2D eigenvalue weighted by molar-refractivity contribution is -0.184. The van der Waals surface area contributed by atoms with Crippen molar-refractivity contribution < 1.29 is 32.9 Å². The number of aromatic amines is 1. The fraction of sp³-hybridized carbons (Fsp3) is 0.333. The molecule has 4 rings (SSSR count). The van der Waals surface area contributed by atoms with E-state index in [4.69, 9.17) is 4.74 Å². The van der Waals surface area contributed by atoms with Gasteiger partial charge in [0, 0.05) is 18.7 Å². The maximum absolute atomic E-state index is 13.0. The minimum absolute atomic E-state index is 0.0874. The van der Waals surface area contributed by atoms with E-state index in [9.17, 15) is 28.2 Å². The number of H-pyrrole nitrogens is 1. The SMILES string of the molecule is O=C(/N=c1\[nH]c2cc(C3(O)COC3)ccc2n1CCCO)c1cccc(C(F)(F)F)c1. The first-order valence-electron chi connectivity index (χ1n) is 9.62. The van der Waals surface area contributed by atoms with Gasteiger partial charge >= 0.3 is 6.18 Å². The lowest BCUT2D eigenvalue weighted by Gasteiger charge is -2.36. The third-order valence-electron chi connectivity index (χ3n) is 5.19. The molecule has 0 bridgehead atoms. The summed E-state index contributed by atoms with van der Waals surface area (Å²) in [5, 5.41) is 19.7. The van der Waals surface area contributed by atoms with Gasteiger partial charge in [0.05, 0.1) is 29.8 Å². The number of aryl methyl sites for hydroxylation is 1. The largest absolute Gasteiger partial charge is 0.416 e. The topological polar surface area (TPSA) is 99.8 Å². The Hall–Kier alpha value is -2.95. The molecule has 0 aliphatic carbocycles. The van der Waals surface area contributed by atoms with Crippen LogP contribution < -0.4 is 5.62 Å². The molecule has 1 aliphatic rings. The van der Waals surface area contributed by atoms with Crippen LogP contribution in [-0.2, 0) is 23.1 Å². The number of carbonyl (C=O) groups is 1. The van der Waals surface area contributed by atoms with Crippen LogP contribution in [0.2, 0.25) is 0 Å². The number of rotatable bonds is 5. The number of imidazole rings is 1. The molecule has 2 aromatic carbocycles. The van der Waals surface area contributed by atoms with Crippen molar-refractivity contribution in [3.63, 3.8) is 0 Å². The van der Waals surface area contributed by atoms with Crippen LogP contribution in [0.3, 0.4) is 0 Å². The average molecular weight is 435 g/mol. The lowest BCUT2D eigenvalue weighted by atomic mass is 9.92. The molecule has 1 saturated heterocycles. The summed E-state index contributed by atoms with van der Waals surface area (Å²) in [5.74, 6) is -0.832. The Morgan fingerprint density at radius 1 is 1.23 bits per heavy atom. The number of alkyl halides is 3. The molecule has 1 aromatic heterocycles. The van der Waals surface area contributed by atoms with Crippen molar-refractivity contribution in [3.05, 3.63) is 64.8 Å². The Bertz CT molecular complexity index is 1190. The molecule has 10 heteroatoms. The fourth-order valence-electron chi connectivity index (χ4n) is 3.46. The monoisotopic (exact) mass is 435 g/mol. The highest BCUT2D eigenvalue weighted by molar-refractivity contribution is 5.95. The second-order valence-corrected chi connectivity index (χ2v) is 7.43. The predicted molar refractivity (Wildman–Crippen MR) is 104 cm³/mol. The van der Waals surface area contributed by atoms with Crippen LogP contribution in [0.4, 0.5) is 13.2 Å². The van der Waals surface area contributed by atoms with E-state index in [-0.39, 0.29) is 31.0 Å². The van der Waals surface area contributed by atoms with Crippen LogP contribution in [0.5, 0.6) is 0 Å². The summed E-state index contributed by atoms with van der Waals surface area (Å²) in [5.41, 5.74) is -0.163. The van der Waals surface area contributed by atoms with Crippen molar-refractivity contribution in [3.8, 4) is 0 Å². The van der Waals surface area contributed by atoms with Crippen LogP contribution in [0, 0.1) is 0 Å². The number of hydrogen-bond acceptors (Lipinski definition) is 4. The van der Waals surface area contributed by atoms with Crippen molar-refractivity contribution in [1.29, 1.82) is 0 Å². The Balaban J connectivity index is 1.78. The molecule has 3 N–H and O–H groups in total. The zero-order valence-corrected chi connectivity index (χ0v) is 16.3. The van der Waals surface area contributed by atoms with Crippen LogP contribution in [0.1, 0.15) is 27.9 Å². The first-order chi connectivity index (χ1) is 14.7. The van der Waals surface area contributed by atoms with Gasteiger partial charge in [-0.3, -0.25) is 4.79 Å². The molecule has 1 amide bonds. The van der Waals surface area contributed by atoms with Gasteiger partial charge in [0.25, 0.3) is 5.91 Å². The summed E-state index contributed by atoms with van der Waals surface area (Å²) >= 11 is 0. The summed E-state index contributed by atoms with van der Waals surface area (Å²) in [6.07, 6.45) is -4.18. The molecule has 1 aliphatic heterocycles. The highest BCUT2D eigenvalue weighted by Gasteiger charge is 2.38. The van der Waals surface area contributed by atoms with Crippen LogP contribution in [0.15, 0.2) is 47.5 Å². The fourth-order valence-corrected chi connectivity index (χ4v) is 3.46. The Morgan fingerprint density at radius 3 is 2.65 bits per heavy atom. The van der Waals surface area contributed by atoms with Crippen LogP contribution >= 0.6 is 0 Å². The van der Waals surface area contributed by atoms with Gasteiger partial charge in [-0.1, -0.05) is 12.1 Å². The molecule has 0 spiro atoms. The summed E-state index contributed by atoms with van der Waals surface area (Å²) < 4.78 is 45.6. The van der Waals surface area contributed by atoms with Gasteiger partial charge in [0.2, 0.25) is 5.62 Å². The summed E-state index contributed by atoms with van der Waals surface area (Å²) in [6.45, 7) is 0.595. The first-order valence-corrected chi connectivity index (χ1v) is 9.62. The maximum Gasteiger partial charge on any atom is 0.416 e. The van der Waals surface area contributed by atoms with Crippen LogP contribution in [0.25, 0.3) is 11.0 Å². The lowest BCUT2D eigenvalue weighted by Crippen LogP contribution is -2.46. The summed E-state index contributed by atoms with van der Waals surface area (Å²) in [6, 6.07) is 9.29. The second-order valence-electron chi connectivity index (χ2n) is 7.43. The minimum Gasteiger partial charge on any atom is -0.396 e. The number of aliphatic hydroxyl groups is 2. The highest BCUT2D eigenvalue weighted by Crippen LogP contribution is 2.31. The van der Waals surface area contributed by atoms with Gasteiger partial charge in [0.1, 0.15) is 5.60 Å². The first kappa shape index (κ1) is 21.3. The number of nitrogens with one attached hydrogen (secondary N) is 1. The molecule has 0 unspecified atom stereocenters. The number of halogens is 3. The van der Waals surface area contributed by atoms with Gasteiger partial charge in [-0.25, -0.2) is 0 Å². The smallest absolute Gasteiger partial charge is 0.396 e. The standard InChI is InChI=1S/C21H20F3N3O4/c22-21(23,24)15-4-1-3-13(9-15)18(29)26-19-25-16-10-14(20(30)11-31-12-20)5-6-17(16)27(19)7-2-8-28/h1,3-6,9-10,28,30H,2,7-8,11-12H2,(H,25,26,29). The quantitative estimate of drug-likeness (QED) is 0.573. The van der Waals surface area contributed by atoms with Crippen molar-refractivity contribution >= 4 is 16.9 Å². The molecule has 2 heterocycles. The van der Waals surface area contributed by atoms with Gasteiger partial charge in [-0.15, -0.1) is 0 Å². The van der Waals surface area contributed by atoms with E-state index < -0.39 is 23.2 Å². The van der Waals surface area contributed by atoms with Gasteiger partial charge in [0.15, 0.2) is 0 Å². The van der Waals surface area contributed by atoms with E-state index in [2.05, 4.69) is 9.98 Å². The predicted octanol–water partition coefficient (Wildman–Crippen LogP) is 2.33. The molecule has 0 saturated carbocycles. The average Bonchev–Trinajstić information content (AvgIpc) is 3.06. The van der Waals surface area contributed by atoms with Gasteiger partial charge < -0.3 is 24.5 Å². The van der Waals surface area contributed by atoms with Crippen LogP contribution in [-0.4, -0.2) is 45.5 Å². The minimum atomic E-state index is -4.57. The summed E-state index contributed by atoms with van der Waals surface area (Å²) in [7, 11) is 0. The Labute approximate surface area is 174 Å². The number of nitrogens with zero attached hydrogens (tertiary/aromatic N) is 2.